The maximum atomic E-state index is 12.4. The smallest absolute Gasteiger partial charge is 0.410 e. The van der Waals surface area contributed by atoms with Crippen molar-refractivity contribution in [1.29, 1.82) is 0 Å². The van der Waals surface area contributed by atoms with Crippen LogP contribution in [0.2, 0.25) is 5.02 Å². The number of ether oxygens (including phenoxy) is 1. The summed E-state index contributed by atoms with van der Waals surface area (Å²) in [6.45, 7) is 11.3. The molecule has 0 radical (unpaired) electrons. The Morgan fingerprint density at radius 3 is 2.74 bits per heavy atom. The van der Waals surface area contributed by atoms with Crippen molar-refractivity contribution in [3.63, 3.8) is 0 Å². The van der Waals surface area contributed by atoms with E-state index in [1.165, 1.54) is 0 Å². The molecule has 0 saturated carbocycles. The highest BCUT2D eigenvalue weighted by atomic mass is 35.5. The molecule has 2 aromatic heterocycles. The average Bonchev–Trinajstić information content (AvgIpc) is 3.10. The van der Waals surface area contributed by atoms with E-state index in [-0.39, 0.29) is 12.1 Å². The average molecular weight is 443 g/mol. The predicted molar refractivity (Wildman–Crippen MR) is 122 cm³/mol. The second-order valence-corrected chi connectivity index (χ2v) is 9.37. The van der Waals surface area contributed by atoms with Crippen LogP contribution in [-0.2, 0) is 4.74 Å². The number of carbonyl (C=O) groups excluding carboxylic acids is 1. The van der Waals surface area contributed by atoms with Gasteiger partial charge in [-0.3, -0.25) is 4.98 Å². The molecule has 1 aromatic carbocycles. The summed E-state index contributed by atoms with van der Waals surface area (Å²) in [6, 6.07) is 8.10. The normalized spacial score (nSPS) is 17.3. The minimum atomic E-state index is -0.517. The van der Waals surface area contributed by atoms with Gasteiger partial charge in [-0.1, -0.05) is 17.7 Å². The summed E-state index contributed by atoms with van der Waals surface area (Å²) in [6.07, 6.45) is 1.46. The third kappa shape index (κ3) is 4.46. The number of oxazole rings is 1. The number of aryl methyl sites for hydroxylation is 1. The first-order valence-electron chi connectivity index (χ1n) is 10.4. The number of pyridine rings is 1. The molecule has 1 saturated heterocycles. The largest absolute Gasteiger partial charge is 0.444 e. The number of halogens is 1. The van der Waals surface area contributed by atoms with Crippen molar-refractivity contribution in [3.8, 4) is 11.3 Å². The summed E-state index contributed by atoms with van der Waals surface area (Å²) < 4.78 is 11.7. The van der Waals surface area contributed by atoms with E-state index in [0.717, 1.165) is 16.8 Å². The van der Waals surface area contributed by atoms with Crippen molar-refractivity contribution in [1.82, 2.24) is 14.9 Å². The number of benzene rings is 1. The number of fused-ring (bicyclic) bond motifs is 1. The Hall–Kier alpha value is -2.80. The zero-order valence-electron chi connectivity index (χ0n) is 18.5. The van der Waals surface area contributed by atoms with E-state index in [2.05, 4.69) is 9.88 Å². The number of aromatic nitrogens is 2. The van der Waals surface area contributed by atoms with E-state index in [4.69, 9.17) is 25.7 Å². The summed E-state index contributed by atoms with van der Waals surface area (Å²) in [7, 11) is 0. The van der Waals surface area contributed by atoms with E-state index in [1.54, 1.807) is 17.2 Å². The molecular weight excluding hydrogens is 416 g/mol. The van der Waals surface area contributed by atoms with E-state index >= 15 is 0 Å². The Kier molecular flexibility index (Phi) is 5.56. The fourth-order valence-corrected chi connectivity index (χ4v) is 4.00. The van der Waals surface area contributed by atoms with Crippen molar-refractivity contribution >= 4 is 34.8 Å². The van der Waals surface area contributed by atoms with E-state index in [0.29, 0.717) is 41.8 Å². The Labute approximate surface area is 187 Å². The van der Waals surface area contributed by atoms with Gasteiger partial charge < -0.3 is 19.0 Å². The molecular formula is C23H27ClN4O3. The predicted octanol–water partition coefficient (Wildman–Crippen LogP) is 5.30. The number of hydrogen-bond donors (Lipinski definition) is 0. The second kappa shape index (κ2) is 8.04. The maximum absolute atomic E-state index is 12.4. The highest BCUT2D eigenvalue weighted by Gasteiger charge is 2.32. The molecule has 164 valence electrons. The SMILES string of the molecule is Cc1cccnc1-c1cc(Cl)cc2nc(N3CCN(C(=O)OC(C)(C)C)CC3C)oc12. The quantitative estimate of drug-likeness (QED) is 0.536. The summed E-state index contributed by atoms with van der Waals surface area (Å²) >= 11 is 6.38. The first kappa shape index (κ1) is 21.4. The van der Waals surface area contributed by atoms with Crippen LogP contribution in [0.25, 0.3) is 22.4 Å². The third-order valence-corrected chi connectivity index (χ3v) is 5.45. The monoisotopic (exact) mass is 442 g/mol. The van der Waals surface area contributed by atoms with Crippen LogP contribution in [-0.4, -0.2) is 52.2 Å². The Balaban J connectivity index is 1.62. The number of piperazine rings is 1. The van der Waals surface area contributed by atoms with Gasteiger partial charge >= 0.3 is 6.09 Å². The van der Waals surface area contributed by atoms with Crippen LogP contribution in [0.4, 0.5) is 10.8 Å². The fraction of sp³-hybridized carbons (Fsp3) is 0.435. The maximum Gasteiger partial charge on any atom is 0.410 e. The second-order valence-electron chi connectivity index (χ2n) is 8.94. The van der Waals surface area contributed by atoms with Crippen molar-refractivity contribution in [2.45, 2.75) is 46.3 Å². The topological polar surface area (TPSA) is 71.7 Å². The summed E-state index contributed by atoms with van der Waals surface area (Å²) in [5.41, 5.74) is 3.49. The van der Waals surface area contributed by atoms with Gasteiger partial charge in [0.25, 0.3) is 6.01 Å². The molecule has 1 fully saturated rings. The number of carbonyl (C=O) groups is 1. The highest BCUT2D eigenvalue weighted by Crippen LogP contribution is 2.35. The number of rotatable bonds is 2. The van der Waals surface area contributed by atoms with Gasteiger partial charge in [0.05, 0.1) is 5.69 Å². The van der Waals surface area contributed by atoms with Gasteiger partial charge in [-0.05, 0) is 58.4 Å². The molecule has 7 nitrogen and oxygen atoms in total. The summed E-state index contributed by atoms with van der Waals surface area (Å²) in [5, 5.41) is 0.579. The molecule has 0 N–H and O–H groups in total. The molecule has 4 rings (SSSR count). The summed E-state index contributed by atoms with van der Waals surface area (Å²) in [5.74, 6) is 0. The number of nitrogens with zero attached hydrogens (tertiary/aromatic N) is 4. The first-order chi connectivity index (χ1) is 14.6. The molecule has 3 aromatic rings. The van der Waals surface area contributed by atoms with Crippen LogP contribution < -0.4 is 4.90 Å². The summed E-state index contributed by atoms with van der Waals surface area (Å²) in [4.78, 5) is 25.5. The van der Waals surface area contributed by atoms with Gasteiger partial charge in [0.2, 0.25) is 0 Å². The van der Waals surface area contributed by atoms with Crippen LogP contribution in [0, 0.1) is 6.92 Å². The molecule has 1 aliphatic rings. The van der Waals surface area contributed by atoms with Gasteiger partial charge in [-0.25, -0.2) is 4.79 Å². The van der Waals surface area contributed by atoms with Crippen LogP contribution in [0.5, 0.6) is 0 Å². The van der Waals surface area contributed by atoms with Gasteiger partial charge in [0.1, 0.15) is 11.1 Å². The van der Waals surface area contributed by atoms with Crippen molar-refractivity contribution in [3.05, 3.63) is 41.0 Å². The molecule has 31 heavy (non-hydrogen) atoms. The van der Waals surface area contributed by atoms with Gasteiger partial charge in [0.15, 0.2) is 5.58 Å². The van der Waals surface area contributed by atoms with Crippen LogP contribution in [0.15, 0.2) is 34.9 Å². The number of anilines is 1. The van der Waals surface area contributed by atoms with Crippen molar-refractivity contribution in [2.75, 3.05) is 24.5 Å². The molecule has 0 aliphatic carbocycles. The first-order valence-corrected chi connectivity index (χ1v) is 10.8. The van der Waals surface area contributed by atoms with Crippen LogP contribution >= 0.6 is 11.6 Å². The molecule has 1 atom stereocenters. The van der Waals surface area contributed by atoms with E-state index < -0.39 is 5.60 Å². The standard InChI is InChI=1S/C23H27ClN4O3/c1-14-7-6-8-25-19(14)17-11-16(24)12-18-20(17)30-21(26-18)28-10-9-27(13-15(28)2)22(29)31-23(3,4)5/h6-8,11-12,15H,9-10,13H2,1-5H3. The highest BCUT2D eigenvalue weighted by molar-refractivity contribution is 6.31. The lowest BCUT2D eigenvalue weighted by Gasteiger charge is -2.39. The van der Waals surface area contributed by atoms with Crippen LogP contribution in [0.1, 0.15) is 33.3 Å². The zero-order valence-corrected chi connectivity index (χ0v) is 19.2. The minimum Gasteiger partial charge on any atom is -0.444 e. The fourth-order valence-electron chi connectivity index (χ4n) is 3.79. The van der Waals surface area contributed by atoms with Gasteiger partial charge in [-0.15, -0.1) is 0 Å². The van der Waals surface area contributed by atoms with E-state index in [9.17, 15) is 4.79 Å². The molecule has 1 aliphatic heterocycles. The van der Waals surface area contributed by atoms with Crippen molar-refractivity contribution in [2.24, 2.45) is 0 Å². The zero-order chi connectivity index (χ0) is 22.3. The molecule has 1 unspecified atom stereocenters. The molecule has 0 bridgehead atoms. The lowest BCUT2D eigenvalue weighted by molar-refractivity contribution is 0.0216. The minimum absolute atomic E-state index is 0.0184. The van der Waals surface area contributed by atoms with Crippen molar-refractivity contribution < 1.29 is 13.9 Å². The Morgan fingerprint density at radius 1 is 1.29 bits per heavy atom. The van der Waals surface area contributed by atoms with Crippen LogP contribution in [0.3, 0.4) is 0 Å². The molecule has 8 heteroatoms. The number of amides is 1. The van der Waals surface area contributed by atoms with Gasteiger partial charge in [-0.2, -0.15) is 4.98 Å². The molecule has 3 heterocycles. The van der Waals surface area contributed by atoms with E-state index in [1.807, 2.05) is 52.8 Å². The lowest BCUT2D eigenvalue weighted by Crippen LogP contribution is -2.54. The Bertz CT molecular complexity index is 1120. The lowest BCUT2D eigenvalue weighted by atomic mass is 10.1. The van der Waals surface area contributed by atoms with Gasteiger partial charge in [0, 0.05) is 42.5 Å². The Morgan fingerprint density at radius 2 is 2.06 bits per heavy atom. The molecule has 1 amide bonds. The third-order valence-electron chi connectivity index (χ3n) is 5.23. The molecule has 0 spiro atoms. The number of hydrogen-bond acceptors (Lipinski definition) is 6.